The molecule has 0 fully saturated rings. The minimum Gasteiger partial charge on any atom is -0.506 e. The van der Waals surface area contributed by atoms with E-state index in [1.165, 1.54) is 0 Å². The van der Waals surface area contributed by atoms with E-state index in [9.17, 15) is 5.11 Å². The summed E-state index contributed by atoms with van der Waals surface area (Å²) in [5.41, 5.74) is 1.49. The molecule has 0 bridgehead atoms. The van der Waals surface area contributed by atoms with Gasteiger partial charge < -0.3 is 15.5 Å². The predicted molar refractivity (Wildman–Crippen MR) is 54.0 cm³/mol. The molecule has 3 N–H and O–H groups in total. The molecular weight excluding hydrogens is 180 g/mol. The molecule has 14 heavy (non-hydrogen) atoms. The molecule has 0 saturated carbocycles. The summed E-state index contributed by atoms with van der Waals surface area (Å²) in [5.74, 6) is 0.188. The van der Waals surface area contributed by atoms with Gasteiger partial charge in [-0.15, -0.1) is 0 Å². The van der Waals surface area contributed by atoms with Crippen molar-refractivity contribution in [2.45, 2.75) is 26.4 Å². The third-order valence-electron chi connectivity index (χ3n) is 1.98. The zero-order valence-electron chi connectivity index (χ0n) is 8.49. The van der Waals surface area contributed by atoms with Gasteiger partial charge in [0.05, 0.1) is 12.3 Å². The number of aliphatic hydroxyl groups is 1. The van der Waals surface area contributed by atoms with Gasteiger partial charge in [0.2, 0.25) is 0 Å². The highest BCUT2D eigenvalue weighted by molar-refractivity contribution is 5.27. The number of aromatic nitrogens is 1. The molecule has 0 radical (unpaired) electrons. The van der Waals surface area contributed by atoms with E-state index in [1.807, 2.05) is 13.8 Å². The highest BCUT2D eigenvalue weighted by Crippen LogP contribution is 2.14. The van der Waals surface area contributed by atoms with Crippen molar-refractivity contribution in [3.63, 3.8) is 0 Å². The van der Waals surface area contributed by atoms with Crippen LogP contribution in [0.25, 0.3) is 0 Å². The van der Waals surface area contributed by atoms with E-state index in [-0.39, 0.29) is 18.4 Å². The van der Waals surface area contributed by atoms with Crippen LogP contribution in [0.5, 0.6) is 5.75 Å². The van der Waals surface area contributed by atoms with Crippen LogP contribution in [0, 0.1) is 6.92 Å². The third kappa shape index (κ3) is 2.97. The average Bonchev–Trinajstić information content (AvgIpc) is 2.19. The van der Waals surface area contributed by atoms with Crippen LogP contribution in [-0.2, 0) is 6.54 Å². The van der Waals surface area contributed by atoms with Crippen LogP contribution >= 0.6 is 0 Å². The van der Waals surface area contributed by atoms with Crippen molar-refractivity contribution in [2.24, 2.45) is 0 Å². The van der Waals surface area contributed by atoms with E-state index in [0.29, 0.717) is 12.2 Å². The second kappa shape index (κ2) is 4.93. The lowest BCUT2D eigenvalue weighted by atomic mass is 10.2. The molecule has 0 aliphatic carbocycles. The van der Waals surface area contributed by atoms with Crippen LogP contribution in [0.4, 0.5) is 0 Å². The standard InChI is InChI=1S/C10H16N2O2/c1-7-3-4-10(14)9(12-7)5-11-8(2)6-13/h3-4,8,11,13-14H,5-6H2,1-2H3/t8-/m1/s1. The molecule has 1 aromatic heterocycles. The number of nitrogens with one attached hydrogen (secondary N) is 1. The molecule has 4 heteroatoms. The molecule has 1 aromatic rings. The van der Waals surface area contributed by atoms with Gasteiger partial charge in [-0.25, -0.2) is 0 Å². The molecule has 0 aromatic carbocycles. The van der Waals surface area contributed by atoms with E-state index in [2.05, 4.69) is 10.3 Å². The van der Waals surface area contributed by atoms with Gasteiger partial charge in [0.1, 0.15) is 5.75 Å². The molecule has 0 aliphatic heterocycles. The quantitative estimate of drug-likeness (QED) is 0.658. The average molecular weight is 196 g/mol. The second-order valence-electron chi connectivity index (χ2n) is 3.38. The lowest BCUT2D eigenvalue weighted by molar-refractivity contribution is 0.250. The Morgan fingerprint density at radius 2 is 2.21 bits per heavy atom. The number of rotatable bonds is 4. The van der Waals surface area contributed by atoms with Crippen molar-refractivity contribution in [1.29, 1.82) is 0 Å². The topological polar surface area (TPSA) is 65.4 Å². The zero-order valence-corrected chi connectivity index (χ0v) is 8.49. The lowest BCUT2D eigenvalue weighted by Crippen LogP contribution is -2.29. The Hall–Kier alpha value is -1.13. The van der Waals surface area contributed by atoms with Crippen molar-refractivity contribution < 1.29 is 10.2 Å². The summed E-state index contributed by atoms with van der Waals surface area (Å²) >= 11 is 0. The van der Waals surface area contributed by atoms with E-state index >= 15 is 0 Å². The molecule has 0 amide bonds. The number of aromatic hydroxyl groups is 1. The Morgan fingerprint density at radius 3 is 2.86 bits per heavy atom. The van der Waals surface area contributed by atoms with Gasteiger partial charge in [-0.2, -0.15) is 0 Å². The molecule has 1 atom stereocenters. The van der Waals surface area contributed by atoms with E-state index < -0.39 is 0 Å². The van der Waals surface area contributed by atoms with Crippen molar-refractivity contribution >= 4 is 0 Å². The Bertz CT molecular complexity index is 302. The highest BCUT2D eigenvalue weighted by atomic mass is 16.3. The number of nitrogens with zero attached hydrogens (tertiary/aromatic N) is 1. The van der Waals surface area contributed by atoms with Crippen LogP contribution in [0.15, 0.2) is 12.1 Å². The van der Waals surface area contributed by atoms with Crippen LogP contribution in [0.3, 0.4) is 0 Å². The Balaban J connectivity index is 2.62. The Morgan fingerprint density at radius 1 is 1.50 bits per heavy atom. The molecule has 1 rings (SSSR count). The maximum absolute atomic E-state index is 9.46. The highest BCUT2D eigenvalue weighted by Gasteiger charge is 2.04. The van der Waals surface area contributed by atoms with Gasteiger partial charge in [-0.1, -0.05) is 0 Å². The molecule has 0 saturated heterocycles. The van der Waals surface area contributed by atoms with Gasteiger partial charge in [0.25, 0.3) is 0 Å². The summed E-state index contributed by atoms with van der Waals surface area (Å²) in [6.07, 6.45) is 0. The normalized spacial score (nSPS) is 12.8. The Kier molecular flexibility index (Phi) is 3.85. The molecule has 1 heterocycles. The third-order valence-corrected chi connectivity index (χ3v) is 1.98. The number of pyridine rings is 1. The lowest BCUT2D eigenvalue weighted by Gasteiger charge is -2.11. The smallest absolute Gasteiger partial charge is 0.138 e. The maximum atomic E-state index is 9.46. The fourth-order valence-electron chi connectivity index (χ4n) is 1.07. The van der Waals surface area contributed by atoms with Crippen molar-refractivity contribution in [1.82, 2.24) is 10.3 Å². The summed E-state index contributed by atoms with van der Waals surface area (Å²) in [6, 6.07) is 3.40. The van der Waals surface area contributed by atoms with Gasteiger partial charge in [0, 0.05) is 18.3 Å². The SMILES string of the molecule is Cc1ccc(O)c(CN[C@H](C)CO)n1. The Labute approximate surface area is 83.6 Å². The molecule has 78 valence electrons. The predicted octanol–water partition coefficient (Wildman–Crippen LogP) is 0.566. The molecule has 0 spiro atoms. The molecule has 0 aliphatic rings. The van der Waals surface area contributed by atoms with Crippen molar-refractivity contribution in [3.8, 4) is 5.75 Å². The van der Waals surface area contributed by atoms with E-state index in [1.54, 1.807) is 12.1 Å². The van der Waals surface area contributed by atoms with Gasteiger partial charge >= 0.3 is 0 Å². The van der Waals surface area contributed by atoms with Crippen LogP contribution in [0.2, 0.25) is 0 Å². The van der Waals surface area contributed by atoms with Crippen molar-refractivity contribution in [3.05, 3.63) is 23.5 Å². The summed E-state index contributed by atoms with van der Waals surface area (Å²) in [6.45, 7) is 4.28. The minimum atomic E-state index is 0.0108. The van der Waals surface area contributed by atoms with Crippen LogP contribution < -0.4 is 5.32 Å². The monoisotopic (exact) mass is 196 g/mol. The van der Waals surface area contributed by atoms with Gasteiger partial charge in [-0.3, -0.25) is 4.98 Å². The minimum absolute atomic E-state index is 0.0108. The number of hydrogen-bond donors (Lipinski definition) is 3. The second-order valence-corrected chi connectivity index (χ2v) is 3.38. The molecular formula is C10H16N2O2. The van der Waals surface area contributed by atoms with Crippen molar-refractivity contribution in [2.75, 3.05) is 6.61 Å². The first-order valence-corrected chi connectivity index (χ1v) is 4.63. The van der Waals surface area contributed by atoms with E-state index in [4.69, 9.17) is 5.11 Å². The summed E-state index contributed by atoms with van der Waals surface area (Å²) in [4.78, 5) is 4.18. The summed E-state index contributed by atoms with van der Waals surface area (Å²) < 4.78 is 0. The van der Waals surface area contributed by atoms with Crippen LogP contribution in [0.1, 0.15) is 18.3 Å². The largest absolute Gasteiger partial charge is 0.506 e. The van der Waals surface area contributed by atoms with Crippen LogP contribution in [-0.4, -0.2) is 27.8 Å². The van der Waals surface area contributed by atoms with Gasteiger partial charge in [-0.05, 0) is 26.0 Å². The van der Waals surface area contributed by atoms with E-state index in [0.717, 1.165) is 5.69 Å². The fourth-order valence-corrected chi connectivity index (χ4v) is 1.07. The number of aliphatic hydroxyl groups excluding tert-OH is 1. The summed E-state index contributed by atoms with van der Waals surface area (Å²) in [7, 11) is 0. The first kappa shape index (κ1) is 10.9. The molecule has 0 unspecified atom stereocenters. The molecule has 4 nitrogen and oxygen atoms in total. The number of aryl methyl sites for hydroxylation is 1. The number of hydrogen-bond acceptors (Lipinski definition) is 4. The maximum Gasteiger partial charge on any atom is 0.138 e. The fraction of sp³-hybridized carbons (Fsp3) is 0.500. The summed E-state index contributed by atoms with van der Waals surface area (Å²) in [5, 5.41) is 21.3. The van der Waals surface area contributed by atoms with Gasteiger partial charge in [0.15, 0.2) is 0 Å². The first-order valence-electron chi connectivity index (χ1n) is 4.63. The zero-order chi connectivity index (χ0) is 10.6. The first-order chi connectivity index (χ1) is 6.63.